The molecule has 3 N–H and O–H groups in total. The number of hydrogen-bond donors (Lipinski definition) is 3. The average molecular weight is 522 g/mol. The predicted molar refractivity (Wildman–Crippen MR) is 137 cm³/mol. The van der Waals surface area contributed by atoms with Crippen LogP contribution in [0.4, 0.5) is 4.79 Å². The van der Waals surface area contributed by atoms with Crippen LogP contribution in [0.5, 0.6) is 5.75 Å². The van der Waals surface area contributed by atoms with E-state index in [1.54, 1.807) is 56.7 Å². The van der Waals surface area contributed by atoms with Crippen molar-refractivity contribution in [1.29, 1.82) is 0 Å². The van der Waals surface area contributed by atoms with Gasteiger partial charge >= 0.3 is 12.1 Å². The van der Waals surface area contributed by atoms with Crippen molar-refractivity contribution < 1.29 is 33.8 Å². The zero-order valence-electron chi connectivity index (χ0n) is 21.5. The molecule has 3 aromatic rings. The summed E-state index contributed by atoms with van der Waals surface area (Å²) in [5.41, 5.74) is 3.21. The number of nitrogens with one attached hydrogen (secondary N) is 2. The molecular formula is C28H31N3O7. The van der Waals surface area contributed by atoms with Gasteiger partial charge in [-0.25, -0.2) is 15.1 Å². The summed E-state index contributed by atoms with van der Waals surface area (Å²) in [6.07, 6.45) is 0.854. The van der Waals surface area contributed by atoms with Crippen LogP contribution in [-0.2, 0) is 33.9 Å². The van der Waals surface area contributed by atoms with E-state index in [9.17, 15) is 14.4 Å². The third-order valence-electron chi connectivity index (χ3n) is 5.13. The largest absolute Gasteiger partial charge is 0.487 e. The molecule has 0 bridgehead atoms. The molecule has 1 heterocycles. The van der Waals surface area contributed by atoms with Crippen LogP contribution in [0.15, 0.2) is 72.9 Å². The molecule has 200 valence electrons. The number of pyridine rings is 1. The molecule has 1 unspecified atom stereocenters. The Hall–Kier alpha value is -4.44. The van der Waals surface area contributed by atoms with Crippen LogP contribution in [-0.4, -0.2) is 39.8 Å². The van der Waals surface area contributed by atoms with Gasteiger partial charge in [-0.3, -0.25) is 15.0 Å². The van der Waals surface area contributed by atoms with E-state index < -0.39 is 29.6 Å². The van der Waals surface area contributed by atoms with Gasteiger partial charge in [0.1, 0.15) is 30.6 Å². The number of benzene rings is 2. The molecule has 38 heavy (non-hydrogen) atoms. The summed E-state index contributed by atoms with van der Waals surface area (Å²) >= 11 is 0. The Morgan fingerprint density at radius 2 is 1.61 bits per heavy atom. The lowest BCUT2D eigenvalue weighted by Crippen LogP contribution is -2.45. The van der Waals surface area contributed by atoms with Crippen molar-refractivity contribution in [2.24, 2.45) is 0 Å². The van der Waals surface area contributed by atoms with E-state index in [1.807, 2.05) is 30.3 Å². The lowest BCUT2D eigenvalue weighted by Gasteiger charge is -2.23. The van der Waals surface area contributed by atoms with Crippen LogP contribution in [0, 0.1) is 0 Å². The van der Waals surface area contributed by atoms with Gasteiger partial charge in [0.15, 0.2) is 0 Å². The highest BCUT2D eigenvalue weighted by atomic mass is 16.6. The minimum atomic E-state index is -1.06. The Balaban J connectivity index is 1.64. The smallest absolute Gasteiger partial charge is 0.408 e. The van der Waals surface area contributed by atoms with Crippen LogP contribution < -0.4 is 15.5 Å². The minimum absolute atomic E-state index is 0.0622. The second kappa shape index (κ2) is 13.2. The number of carbonyl (C=O) groups is 3. The molecule has 0 spiro atoms. The van der Waals surface area contributed by atoms with Gasteiger partial charge in [0.25, 0.3) is 5.91 Å². The Kier molecular flexibility index (Phi) is 9.78. The molecule has 0 saturated heterocycles. The number of hydroxylamine groups is 1. The van der Waals surface area contributed by atoms with Gasteiger partial charge in [-0.05, 0) is 56.2 Å². The van der Waals surface area contributed by atoms with Gasteiger partial charge in [-0.2, -0.15) is 0 Å². The summed E-state index contributed by atoms with van der Waals surface area (Å²) in [5.74, 6) is -0.770. The molecule has 1 atom stereocenters. The predicted octanol–water partition coefficient (Wildman–Crippen LogP) is 3.96. The first kappa shape index (κ1) is 28.1. The topological polar surface area (TPSA) is 136 Å². The molecule has 0 aliphatic carbocycles. The number of hydrogen-bond acceptors (Lipinski definition) is 8. The molecule has 0 aliphatic heterocycles. The minimum Gasteiger partial charge on any atom is -0.487 e. The molecule has 2 amide bonds. The summed E-state index contributed by atoms with van der Waals surface area (Å²) in [7, 11) is 0. The van der Waals surface area contributed by atoms with E-state index in [4.69, 9.17) is 19.4 Å². The zero-order chi connectivity index (χ0) is 27.5. The maximum Gasteiger partial charge on any atom is 0.408 e. The van der Waals surface area contributed by atoms with Crippen molar-refractivity contribution in [3.8, 4) is 5.75 Å². The summed E-state index contributed by atoms with van der Waals surface area (Å²) < 4.78 is 16.5. The first-order valence-electron chi connectivity index (χ1n) is 11.9. The average Bonchev–Trinajstić information content (AvgIpc) is 2.90. The summed E-state index contributed by atoms with van der Waals surface area (Å²) in [5, 5.41) is 11.3. The fourth-order valence-electron chi connectivity index (χ4n) is 3.28. The quantitative estimate of drug-likeness (QED) is 0.207. The van der Waals surface area contributed by atoms with Gasteiger partial charge in [-0.15, -0.1) is 0 Å². The van der Waals surface area contributed by atoms with Gasteiger partial charge < -0.3 is 19.5 Å². The molecule has 0 radical (unpaired) electrons. The summed E-state index contributed by atoms with van der Waals surface area (Å²) in [4.78, 5) is 41.2. The van der Waals surface area contributed by atoms with Crippen molar-refractivity contribution in [3.63, 3.8) is 0 Å². The summed E-state index contributed by atoms with van der Waals surface area (Å²) in [6, 6.07) is 18.2. The molecule has 0 fully saturated rings. The second-order valence-corrected chi connectivity index (χ2v) is 9.41. The number of rotatable bonds is 10. The normalized spacial score (nSPS) is 11.7. The second-order valence-electron chi connectivity index (χ2n) is 9.41. The number of amides is 2. The highest BCUT2D eigenvalue weighted by molar-refractivity contribution is 5.93. The SMILES string of the molecule is CC(C)(C)OC(=O)NC(Cc1ccc(OCc2ccccc2)cn1)C(=O)OCc1ccc(C(=O)NO)cc1. The van der Waals surface area contributed by atoms with E-state index in [0.29, 0.717) is 23.6 Å². The number of aromatic nitrogens is 1. The highest BCUT2D eigenvalue weighted by Gasteiger charge is 2.26. The number of nitrogens with zero attached hydrogens (tertiary/aromatic N) is 1. The Labute approximate surface area is 220 Å². The molecule has 2 aromatic carbocycles. The van der Waals surface area contributed by atoms with Gasteiger partial charge in [0.2, 0.25) is 0 Å². The molecule has 10 heteroatoms. The lowest BCUT2D eigenvalue weighted by atomic mass is 10.1. The molecule has 0 saturated carbocycles. The van der Waals surface area contributed by atoms with Crippen LogP contribution in [0.2, 0.25) is 0 Å². The molecule has 0 aliphatic rings. The standard InChI is InChI=1S/C28H31N3O7/c1-28(2,3)38-27(34)30-24(26(33)37-18-20-9-11-21(12-10-20)25(32)31-35)15-22-13-14-23(16-29-22)36-17-19-7-5-4-6-8-19/h4-14,16,24,35H,15,17-18H2,1-3H3,(H,30,34)(H,31,32). The Morgan fingerprint density at radius 3 is 2.21 bits per heavy atom. The fraction of sp³-hybridized carbons (Fsp3) is 0.286. The number of alkyl carbamates (subject to hydrolysis) is 1. The van der Waals surface area contributed by atoms with Crippen LogP contribution in [0.25, 0.3) is 0 Å². The summed E-state index contributed by atoms with van der Waals surface area (Å²) in [6.45, 7) is 5.46. The maximum absolute atomic E-state index is 12.9. The number of esters is 1. The first-order valence-corrected chi connectivity index (χ1v) is 11.9. The van der Waals surface area contributed by atoms with Gasteiger partial charge in [-0.1, -0.05) is 42.5 Å². The third kappa shape index (κ3) is 9.21. The zero-order valence-corrected chi connectivity index (χ0v) is 21.5. The number of carbonyl (C=O) groups excluding carboxylic acids is 3. The monoisotopic (exact) mass is 521 g/mol. The van der Waals surface area contributed by atoms with Crippen molar-refractivity contribution in [1.82, 2.24) is 15.8 Å². The van der Waals surface area contributed by atoms with E-state index in [1.165, 1.54) is 12.1 Å². The van der Waals surface area contributed by atoms with Gasteiger partial charge in [0.05, 0.1) is 6.20 Å². The van der Waals surface area contributed by atoms with Crippen LogP contribution >= 0.6 is 0 Å². The molecule has 10 nitrogen and oxygen atoms in total. The van der Waals surface area contributed by atoms with E-state index in [2.05, 4.69) is 10.3 Å². The van der Waals surface area contributed by atoms with Crippen molar-refractivity contribution in [2.45, 2.75) is 52.0 Å². The van der Waals surface area contributed by atoms with Crippen LogP contribution in [0.1, 0.15) is 48.0 Å². The molecular weight excluding hydrogens is 490 g/mol. The Bertz CT molecular complexity index is 1210. The first-order chi connectivity index (χ1) is 18.1. The third-order valence-corrected chi connectivity index (χ3v) is 5.13. The number of ether oxygens (including phenoxy) is 3. The van der Waals surface area contributed by atoms with Crippen LogP contribution in [0.3, 0.4) is 0 Å². The molecule has 1 aromatic heterocycles. The molecule has 3 rings (SSSR count). The van der Waals surface area contributed by atoms with E-state index in [-0.39, 0.29) is 18.6 Å². The fourth-order valence-corrected chi connectivity index (χ4v) is 3.28. The Morgan fingerprint density at radius 1 is 0.921 bits per heavy atom. The van der Waals surface area contributed by atoms with Crippen molar-refractivity contribution >= 4 is 18.0 Å². The van der Waals surface area contributed by atoms with Crippen molar-refractivity contribution in [3.05, 3.63) is 95.3 Å². The van der Waals surface area contributed by atoms with E-state index >= 15 is 0 Å². The van der Waals surface area contributed by atoms with E-state index in [0.717, 1.165) is 5.56 Å². The highest BCUT2D eigenvalue weighted by Crippen LogP contribution is 2.15. The van der Waals surface area contributed by atoms with Crippen molar-refractivity contribution in [2.75, 3.05) is 0 Å². The maximum atomic E-state index is 12.9. The van der Waals surface area contributed by atoms with Gasteiger partial charge in [0, 0.05) is 17.7 Å². The lowest BCUT2D eigenvalue weighted by molar-refractivity contribution is -0.147.